The number of nitrogens with zero attached hydrogens (tertiary/aromatic N) is 2. The normalized spacial score (nSPS) is 21.1. The van der Waals surface area contributed by atoms with Crippen molar-refractivity contribution < 1.29 is 0 Å². The minimum atomic E-state index is 0.673. The van der Waals surface area contributed by atoms with Crippen molar-refractivity contribution in [1.82, 2.24) is 9.80 Å². The molecule has 1 heterocycles. The molecule has 2 rings (SSSR count). The van der Waals surface area contributed by atoms with E-state index in [1.54, 1.807) is 5.56 Å². The van der Waals surface area contributed by atoms with E-state index < -0.39 is 0 Å². The maximum atomic E-state index is 2.56. The molecule has 2 nitrogen and oxygen atoms in total. The average molecular weight is 218 g/mol. The molecular weight excluding hydrogens is 196 g/mol. The predicted molar refractivity (Wildman–Crippen MR) is 68.7 cm³/mol. The van der Waals surface area contributed by atoms with Gasteiger partial charge in [-0.25, -0.2) is 0 Å². The van der Waals surface area contributed by atoms with Crippen LogP contribution < -0.4 is 0 Å². The zero-order valence-electron chi connectivity index (χ0n) is 10.6. The van der Waals surface area contributed by atoms with Crippen molar-refractivity contribution in [2.45, 2.75) is 19.4 Å². The van der Waals surface area contributed by atoms with Gasteiger partial charge in [0.2, 0.25) is 0 Å². The van der Waals surface area contributed by atoms with Crippen LogP contribution in [-0.2, 0) is 6.54 Å². The third-order valence-electron chi connectivity index (χ3n) is 3.38. The van der Waals surface area contributed by atoms with Gasteiger partial charge >= 0.3 is 0 Å². The molecule has 1 atom stereocenters. The van der Waals surface area contributed by atoms with Gasteiger partial charge in [0.1, 0.15) is 0 Å². The summed E-state index contributed by atoms with van der Waals surface area (Å²) in [4.78, 5) is 4.82. The predicted octanol–water partition coefficient (Wildman–Crippen LogP) is 2.17. The minimum Gasteiger partial charge on any atom is -0.308 e. The third-order valence-corrected chi connectivity index (χ3v) is 3.38. The minimum absolute atomic E-state index is 0.673. The number of likely N-dealkylation sites (N-methyl/N-ethyl adjacent to an activating group) is 1. The summed E-state index contributed by atoms with van der Waals surface area (Å²) >= 11 is 0. The van der Waals surface area contributed by atoms with E-state index in [2.05, 4.69) is 55.1 Å². The van der Waals surface area contributed by atoms with Crippen LogP contribution in [0, 0.1) is 0 Å². The summed E-state index contributed by atoms with van der Waals surface area (Å²) in [6.07, 6.45) is 0. The molecule has 16 heavy (non-hydrogen) atoms. The number of hydrogen-bond donors (Lipinski definition) is 0. The summed E-state index contributed by atoms with van der Waals surface area (Å²) in [5.41, 5.74) is 3.06. The molecule has 0 fully saturated rings. The monoisotopic (exact) mass is 218 g/mol. The van der Waals surface area contributed by atoms with Crippen LogP contribution in [0.1, 0.15) is 24.0 Å². The van der Waals surface area contributed by atoms with Crippen molar-refractivity contribution in [1.29, 1.82) is 0 Å². The van der Waals surface area contributed by atoms with Crippen LogP contribution in [0.5, 0.6) is 0 Å². The Kier molecular flexibility index (Phi) is 3.62. The first kappa shape index (κ1) is 11.6. The lowest BCUT2D eigenvalue weighted by Crippen LogP contribution is -2.37. The molecule has 0 saturated carbocycles. The molecule has 0 spiro atoms. The Morgan fingerprint density at radius 3 is 2.81 bits per heavy atom. The molecule has 0 aliphatic carbocycles. The second-order valence-electron chi connectivity index (χ2n) is 5.14. The van der Waals surface area contributed by atoms with Gasteiger partial charge in [-0.3, -0.25) is 4.90 Å². The molecule has 0 aromatic heterocycles. The van der Waals surface area contributed by atoms with E-state index in [1.807, 2.05) is 0 Å². The van der Waals surface area contributed by atoms with Crippen LogP contribution in [0.25, 0.3) is 0 Å². The Morgan fingerprint density at radius 2 is 2.06 bits per heavy atom. The van der Waals surface area contributed by atoms with E-state index in [-0.39, 0.29) is 0 Å². The molecule has 0 amide bonds. The zero-order valence-corrected chi connectivity index (χ0v) is 10.6. The van der Waals surface area contributed by atoms with E-state index in [1.165, 1.54) is 18.7 Å². The van der Waals surface area contributed by atoms with E-state index in [0.717, 1.165) is 13.1 Å². The van der Waals surface area contributed by atoms with E-state index in [4.69, 9.17) is 0 Å². The highest BCUT2D eigenvalue weighted by Gasteiger charge is 2.21. The largest absolute Gasteiger partial charge is 0.308 e. The molecular formula is C14H22N2. The SMILES string of the molecule is CC1CN(CCN(C)C)Cc2ccccc21. The molecule has 1 aromatic rings. The van der Waals surface area contributed by atoms with E-state index in [0.29, 0.717) is 5.92 Å². The van der Waals surface area contributed by atoms with Crippen molar-refractivity contribution >= 4 is 0 Å². The smallest absolute Gasteiger partial charge is 0.0237 e. The Hall–Kier alpha value is -0.860. The Morgan fingerprint density at radius 1 is 1.31 bits per heavy atom. The quantitative estimate of drug-likeness (QED) is 0.767. The van der Waals surface area contributed by atoms with Crippen molar-refractivity contribution in [2.24, 2.45) is 0 Å². The summed E-state index contributed by atoms with van der Waals surface area (Å²) in [5.74, 6) is 0.673. The van der Waals surface area contributed by atoms with Gasteiger partial charge in [0.05, 0.1) is 0 Å². The van der Waals surface area contributed by atoms with Crippen molar-refractivity contribution in [3.05, 3.63) is 35.4 Å². The molecule has 0 radical (unpaired) electrons. The fraction of sp³-hybridized carbons (Fsp3) is 0.571. The van der Waals surface area contributed by atoms with Crippen LogP contribution in [0.3, 0.4) is 0 Å². The fourth-order valence-corrected chi connectivity index (χ4v) is 2.46. The highest BCUT2D eigenvalue weighted by molar-refractivity contribution is 5.32. The highest BCUT2D eigenvalue weighted by atomic mass is 15.2. The van der Waals surface area contributed by atoms with Crippen LogP contribution in [0.15, 0.2) is 24.3 Å². The number of hydrogen-bond acceptors (Lipinski definition) is 2. The number of fused-ring (bicyclic) bond motifs is 1. The molecule has 0 bridgehead atoms. The fourth-order valence-electron chi connectivity index (χ4n) is 2.46. The number of benzene rings is 1. The standard InChI is InChI=1S/C14H22N2/c1-12-10-16(9-8-15(2)3)11-13-6-4-5-7-14(12)13/h4-7,12H,8-11H2,1-3H3. The van der Waals surface area contributed by atoms with Gasteiger partial charge in [0.25, 0.3) is 0 Å². The van der Waals surface area contributed by atoms with Gasteiger partial charge < -0.3 is 4.90 Å². The zero-order chi connectivity index (χ0) is 11.5. The molecule has 0 saturated heterocycles. The van der Waals surface area contributed by atoms with Crippen molar-refractivity contribution in [2.75, 3.05) is 33.7 Å². The molecule has 1 unspecified atom stereocenters. The first-order chi connectivity index (χ1) is 7.66. The maximum Gasteiger partial charge on any atom is 0.0237 e. The maximum absolute atomic E-state index is 2.56. The summed E-state index contributed by atoms with van der Waals surface area (Å²) in [5, 5.41) is 0. The molecule has 88 valence electrons. The van der Waals surface area contributed by atoms with Crippen molar-refractivity contribution in [3.63, 3.8) is 0 Å². The second kappa shape index (κ2) is 4.98. The van der Waals surface area contributed by atoms with Gasteiger partial charge in [0.15, 0.2) is 0 Å². The Balaban J connectivity index is 2.03. The summed E-state index contributed by atoms with van der Waals surface area (Å²) in [6, 6.07) is 8.86. The Bertz CT molecular complexity index is 346. The van der Waals surface area contributed by atoms with Crippen LogP contribution in [-0.4, -0.2) is 43.5 Å². The first-order valence-corrected chi connectivity index (χ1v) is 6.11. The summed E-state index contributed by atoms with van der Waals surface area (Å²) in [7, 11) is 4.28. The Labute approximate surface area is 98.9 Å². The van der Waals surface area contributed by atoms with E-state index in [9.17, 15) is 0 Å². The lowest BCUT2D eigenvalue weighted by atomic mass is 9.91. The first-order valence-electron chi connectivity index (χ1n) is 6.11. The second-order valence-corrected chi connectivity index (χ2v) is 5.14. The van der Waals surface area contributed by atoms with E-state index >= 15 is 0 Å². The van der Waals surface area contributed by atoms with Gasteiger partial charge in [-0.05, 0) is 31.1 Å². The van der Waals surface area contributed by atoms with Crippen molar-refractivity contribution in [3.8, 4) is 0 Å². The molecule has 1 aliphatic heterocycles. The lowest BCUT2D eigenvalue weighted by molar-refractivity contribution is 0.211. The topological polar surface area (TPSA) is 6.48 Å². The van der Waals surface area contributed by atoms with Crippen LogP contribution >= 0.6 is 0 Å². The summed E-state index contributed by atoms with van der Waals surface area (Å²) < 4.78 is 0. The number of rotatable bonds is 3. The average Bonchev–Trinajstić information content (AvgIpc) is 2.26. The molecule has 0 N–H and O–H groups in total. The lowest BCUT2D eigenvalue weighted by Gasteiger charge is -2.33. The van der Waals surface area contributed by atoms with Gasteiger partial charge in [0, 0.05) is 26.2 Å². The van der Waals surface area contributed by atoms with Crippen LogP contribution in [0.4, 0.5) is 0 Å². The summed E-state index contributed by atoms with van der Waals surface area (Å²) in [6.45, 7) is 6.97. The van der Waals surface area contributed by atoms with Gasteiger partial charge in [-0.15, -0.1) is 0 Å². The van der Waals surface area contributed by atoms with Gasteiger partial charge in [-0.1, -0.05) is 31.2 Å². The van der Waals surface area contributed by atoms with Crippen LogP contribution in [0.2, 0.25) is 0 Å². The third kappa shape index (κ3) is 2.63. The highest BCUT2D eigenvalue weighted by Crippen LogP contribution is 2.27. The molecule has 1 aliphatic rings. The molecule has 2 heteroatoms. The molecule has 1 aromatic carbocycles. The van der Waals surface area contributed by atoms with Gasteiger partial charge in [-0.2, -0.15) is 0 Å².